The summed E-state index contributed by atoms with van der Waals surface area (Å²) in [6.45, 7) is 0.376. The molecule has 2 rings (SSSR count). The van der Waals surface area contributed by atoms with Gasteiger partial charge in [-0.2, -0.15) is 0 Å². The predicted molar refractivity (Wildman–Crippen MR) is 71.1 cm³/mol. The third-order valence-electron chi connectivity index (χ3n) is 2.62. The lowest BCUT2D eigenvalue weighted by Gasteiger charge is -2.06. The van der Waals surface area contributed by atoms with Crippen LogP contribution in [0.3, 0.4) is 0 Å². The number of halogens is 2. The van der Waals surface area contributed by atoms with E-state index in [0.717, 1.165) is 5.82 Å². The molecular formula is C12H12BrFN4O. The SMILES string of the molecule is Cn1cnnc1CCNC(=O)c1ccc(Br)cc1F. The Balaban J connectivity index is 1.93. The first-order valence-electron chi connectivity index (χ1n) is 5.64. The molecule has 0 aliphatic rings. The van der Waals surface area contributed by atoms with Crippen LogP contribution in [0.1, 0.15) is 16.2 Å². The zero-order valence-electron chi connectivity index (χ0n) is 10.2. The number of aromatic nitrogens is 3. The molecule has 0 fully saturated rings. The number of nitrogens with one attached hydrogen (secondary N) is 1. The summed E-state index contributed by atoms with van der Waals surface area (Å²) in [6, 6.07) is 4.33. The van der Waals surface area contributed by atoms with E-state index in [9.17, 15) is 9.18 Å². The summed E-state index contributed by atoms with van der Waals surface area (Å²) < 4.78 is 15.9. The van der Waals surface area contributed by atoms with E-state index in [-0.39, 0.29) is 5.56 Å². The molecule has 7 heteroatoms. The molecule has 1 N–H and O–H groups in total. The van der Waals surface area contributed by atoms with Gasteiger partial charge in [-0.15, -0.1) is 10.2 Å². The van der Waals surface area contributed by atoms with Crippen molar-refractivity contribution < 1.29 is 9.18 Å². The van der Waals surface area contributed by atoms with Crippen molar-refractivity contribution in [2.75, 3.05) is 6.54 Å². The Labute approximate surface area is 118 Å². The average Bonchev–Trinajstić information content (AvgIpc) is 2.75. The second-order valence-electron chi connectivity index (χ2n) is 3.99. The molecule has 19 heavy (non-hydrogen) atoms. The number of aryl methyl sites for hydroxylation is 1. The van der Waals surface area contributed by atoms with Crippen LogP contribution in [0.15, 0.2) is 29.0 Å². The van der Waals surface area contributed by atoms with Gasteiger partial charge in [0.05, 0.1) is 5.56 Å². The second-order valence-corrected chi connectivity index (χ2v) is 4.90. The summed E-state index contributed by atoms with van der Waals surface area (Å²) in [7, 11) is 1.82. The molecule has 0 bridgehead atoms. The molecule has 0 atom stereocenters. The first kappa shape index (κ1) is 13.7. The molecule has 1 aromatic carbocycles. The minimum absolute atomic E-state index is 0.0289. The van der Waals surface area contributed by atoms with Gasteiger partial charge >= 0.3 is 0 Å². The number of amides is 1. The van der Waals surface area contributed by atoms with Gasteiger partial charge in [-0.25, -0.2) is 4.39 Å². The number of benzene rings is 1. The maximum atomic E-state index is 13.5. The first-order valence-corrected chi connectivity index (χ1v) is 6.43. The smallest absolute Gasteiger partial charge is 0.254 e. The van der Waals surface area contributed by atoms with Crippen molar-refractivity contribution in [1.82, 2.24) is 20.1 Å². The number of carbonyl (C=O) groups is 1. The zero-order valence-corrected chi connectivity index (χ0v) is 11.8. The molecule has 100 valence electrons. The van der Waals surface area contributed by atoms with Gasteiger partial charge in [0.15, 0.2) is 0 Å². The fourth-order valence-electron chi connectivity index (χ4n) is 1.59. The van der Waals surface area contributed by atoms with Crippen molar-refractivity contribution in [3.63, 3.8) is 0 Å². The molecule has 0 saturated heterocycles. The van der Waals surface area contributed by atoms with Crippen molar-refractivity contribution in [3.05, 3.63) is 46.2 Å². The van der Waals surface area contributed by atoms with E-state index in [4.69, 9.17) is 0 Å². The molecule has 1 aromatic heterocycles. The quantitative estimate of drug-likeness (QED) is 0.930. The van der Waals surface area contributed by atoms with Crippen LogP contribution in [0.4, 0.5) is 4.39 Å². The Kier molecular flexibility index (Phi) is 4.26. The molecule has 2 aromatic rings. The Morgan fingerprint density at radius 1 is 1.53 bits per heavy atom. The monoisotopic (exact) mass is 326 g/mol. The highest BCUT2D eigenvalue weighted by molar-refractivity contribution is 9.10. The van der Waals surface area contributed by atoms with Crippen LogP contribution in [0.5, 0.6) is 0 Å². The molecule has 0 aliphatic carbocycles. The number of hydrogen-bond acceptors (Lipinski definition) is 3. The summed E-state index contributed by atoms with van der Waals surface area (Å²) in [5.41, 5.74) is 0.0289. The summed E-state index contributed by atoms with van der Waals surface area (Å²) in [5.74, 6) is -0.228. The fourth-order valence-corrected chi connectivity index (χ4v) is 1.92. The number of carbonyl (C=O) groups excluding carboxylic acids is 1. The number of nitrogens with zero attached hydrogens (tertiary/aromatic N) is 3. The highest BCUT2D eigenvalue weighted by Crippen LogP contribution is 2.15. The normalized spacial score (nSPS) is 10.5. The van der Waals surface area contributed by atoms with Crippen molar-refractivity contribution in [2.24, 2.45) is 7.05 Å². The Hall–Kier alpha value is -1.76. The fraction of sp³-hybridized carbons (Fsp3) is 0.250. The molecule has 0 radical (unpaired) electrons. The van der Waals surface area contributed by atoms with Gasteiger partial charge in [-0.3, -0.25) is 4.79 Å². The number of rotatable bonds is 4. The van der Waals surface area contributed by atoms with E-state index in [1.165, 1.54) is 12.1 Å². The van der Waals surface area contributed by atoms with Gasteiger partial charge < -0.3 is 9.88 Å². The predicted octanol–water partition coefficient (Wildman–Crippen LogP) is 1.69. The van der Waals surface area contributed by atoms with Gasteiger partial charge in [0, 0.05) is 24.5 Å². The Bertz CT molecular complexity index is 599. The van der Waals surface area contributed by atoms with Crippen LogP contribution < -0.4 is 5.32 Å². The first-order chi connectivity index (χ1) is 9.08. The highest BCUT2D eigenvalue weighted by Gasteiger charge is 2.11. The summed E-state index contributed by atoms with van der Waals surface area (Å²) in [6.07, 6.45) is 2.13. The molecule has 0 saturated carbocycles. The van der Waals surface area contributed by atoms with Crippen LogP contribution in [0.2, 0.25) is 0 Å². The minimum Gasteiger partial charge on any atom is -0.351 e. The van der Waals surface area contributed by atoms with Crippen LogP contribution >= 0.6 is 15.9 Å². The molecule has 1 heterocycles. The number of hydrogen-bond donors (Lipinski definition) is 1. The lowest BCUT2D eigenvalue weighted by Crippen LogP contribution is -2.27. The van der Waals surface area contributed by atoms with Gasteiger partial charge in [0.2, 0.25) is 0 Å². The Morgan fingerprint density at radius 3 is 2.95 bits per heavy atom. The van der Waals surface area contributed by atoms with E-state index in [1.54, 1.807) is 17.0 Å². The molecular weight excluding hydrogens is 315 g/mol. The Morgan fingerprint density at radius 2 is 2.32 bits per heavy atom. The van der Waals surface area contributed by atoms with E-state index in [0.29, 0.717) is 17.4 Å². The summed E-state index contributed by atoms with van der Waals surface area (Å²) in [5, 5.41) is 10.3. The molecule has 1 amide bonds. The van der Waals surface area contributed by atoms with Crippen molar-refractivity contribution in [2.45, 2.75) is 6.42 Å². The highest BCUT2D eigenvalue weighted by atomic mass is 79.9. The van der Waals surface area contributed by atoms with E-state index >= 15 is 0 Å². The molecule has 5 nitrogen and oxygen atoms in total. The van der Waals surface area contributed by atoms with Crippen LogP contribution in [0, 0.1) is 5.82 Å². The minimum atomic E-state index is -0.550. The topological polar surface area (TPSA) is 59.8 Å². The van der Waals surface area contributed by atoms with Crippen molar-refractivity contribution in [1.29, 1.82) is 0 Å². The van der Waals surface area contributed by atoms with Gasteiger partial charge in [0.25, 0.3) is 5.91 Å². The lowest BCUT2D eigenvalue weighted by molar-refractivity contribution is 0.0950. The summed E-state index contributed by atoms with van der Waals surface area (Å²) in [4.78, 5) is 11.8. The second kappa shape index (κ2) is 5.92. The third kappa shape index (κ3) is 3.37. The largest absolute Gasteiger partial charge is 0.351 e. The van der Waals surface area contributed by atoms with Crippen LogP contribution in [-0.4, -0.2) is 27.2 Å². The summed E-state index contributed by atoms with van der Waals surface area (Å²) >= 11 is 3.14. The molecule has 0 unspecified atom stereocenters. The zero-order chi connectivity index (χ0) is 13.8. The third-order valence-corrected chi connectivity index (χ3v) is 3.11. The van der Waals surface area contributed by atoms with Crippen molar-refractivity contribution >= 4 is 21.8 Å². The lowest BCUT2D eigenvalue weighted by atomic mass is 10.2. The van der Waals surface area contributed by atoms with Gasteiger partial charge in [-0.1, -0.05) is 15.9 Å². The standard InChI is InChI=1S/C12H12BrFN4O/c1-18-7-16-17-11(18)4-5-15-12(19)9-3-2-8(13)6-10(9)14/h2-3,6-7H,4-5H2,1H3,(H,15,19). The molecule has 0 spiro atoms. The van der Waals surface area contributed by atoms with E-state index in [2.05, 4.69) is 31.4 Å². The van der Waals surface area contributed by atoms with Crippen LogP contribution in [-0.2, 0) is 13.5 Å². The van der Waals surface area contributed by atoms with E-state index < -0.39 is 11.7 Å². The maximum absolute atomic E-state index is 13.5. The van der Waals surface area contributed by atoms with Crippen molar-refractivity contribution in [3.8, 4) is 0 Å². The molecule has 0 aliphatic heterocycles. The maximum Gasteiger partial charge on any atom is 0.254 e. The average molecular weight is 327 g/mol. The van der Waals surface area contributed by atoms with Crippen LogP contribution in [0.25, 0.3) is 0 Å². The van der Waals surface area contributed by atoms with E-state index in [1.807, 2.05) is 7.05 Å². The van der Waals surface area contributed by atoms with Gasteiger partial charge in [-0.05, 0) is 18.2 Å². The van der Waals surface area contributed by atoms with Gasteiger partial charge in [0.1, 0.15) is 18.0 Å².